The highest BCUT2D eigenvalue weighted by atomic mass is 16.3. The molecule has 1 N–H and O–H groups in total. The van der Waals surface area contributed by atoms with E-state index in [1.54, 1.807) is 6.92 Å². The van der Waals surface area contributed by atoms with Gasteiger partial charge in [-0.05, 0) is 44.2 Å². The monoisotopic (exact) mass is 258 g/mol. The largest absolute Gasteiger partial charge is 0.393 e. The average molecular weight is 258 g/mol. The smallest absolute Gasteiger partial charge is 0.127 e. The number of carbonyl (C=O) groups is 1. The van der Waals surface area contributed by atoms with Crippen LogP contribution >= 0.6 is 0 Å². The topological polar surface area (TPSA) is 37.3 Å². The van der Waals surface area contributed by atoms with Crippen LogP contribution in [0.2, 0.25) is 0 Å². The van der Waals surface area contributed by atoms with E-state index >= 15 is 0 Å². The molecule has 0 radical (unpaired) electrons. The van der Waals surface area contributed by atoms with Crippen molar-refractivity contribution in [2.24, 2.45) is 11.8 Å². The summed E-state index contributed by atoms with van der Waals surface area (Å²) in [5, 5.41) is 9.86. The summed E-state index contributed by atoms with van der Waals surface area (Å²) in [6.07, 6.45) is 5.41. The molecular weight excluding hydrogens is 236 g/mol. The van der Waals surface area contributed by atoms with Gasteiger partial charge in [0.1, 0.15) is 6.29 Å². The lowest BCUT2D eigenvalue weighted by Crippen LogP contribution is -2.30. The number of allylic oxidation sites excluding steroid dienone is 2. The van der Waals surface area contributed by atoms with Gasteiger partial charge in [0.05, 0.1) is 6.10 Å². The van der Waals surface area contributed by atoms with E-state index in [1.165, 1.54) is 16.7 Å². The summed E-state index contributed by atoms with van der Waals surface area (Å²) in [5.41, 5.74) is 3.85. The highest BCUT2D eigenvalue weighted by molar-refractivity contribution is 5.58. The van der Waals surface area contributed by atoms with Gasteiger partial charge in [-0.15, -0.1) is 0 Å². The molecule has 0 saturated heterocycles. The van der Waals surface area contributed by atoms with Gasteiger partial charge in [-0.1, -0.05) is 35.9 Å². The highest BCUT2D eigenvalue weighted by Gasteiger charge is 2.30. The number of aldehydes is 1. The zero-order valence-electron chi connectivity index (χ0n) is 11.8. The van der Waals surface area contributed by atoms with E-state index in [2.05, 4.69) is 38.1 Å². The first-order chi connectivity index (χ1) is 9.02. The molecule has 1 aliphatic carbocycles. The van der Waals surface area contributed by atoms with E-state index in [0.29, 0.717) is 5.92 Å². The number of benzene rings is 1. The number of aliphatic hydroxyl groups is 1. The maximum absolute atomic E-state index is 11.1. The van der Waals surface area contributed by atoms with E-state index in [4.69, 9.17) is 0 Å². The Bertz CT molecular complexity index is 488. The molecule has 0 fully saturated rings. The van der Waals surface area contributed by atoms with Gasteiger partial charge in [-0.25, -0.2) is 0 Å². The van der Waals surface area contributed by atoms with Gasteiger partial charge in [0.15, 0.2) is 0 Å². The van der Waals surface area contributed by atoms with Gasteiger partial charge < -0.3 is 9.90 Å². The zero-order chi connectivity index (χ0) is 14.0. The second-order valence-electron chi connectivity index (χ2n) is 5.71. The first kappa shape index (κ1) is 14.0. The molecular formula is C17H22O2. The fraction of sp³-hybridized carbons (Fsp3) is 0.471. The lowest BCUT2D eigenvalue weighted by Gasteiger charge is -2.31. The SMILES string of the molecule is Cc1ccc(C2C=CC(C=O)C(C(C)O)C2)c(C)c1. The lowest BCUT2D eigenvalue weighted by atomic mass is 9.74. The fourth-order valence-corrected chi connectivity index (χ4v) is 3.07. The number of aryl methyl sites for hydroxylation is 2. The molecule has 4 unspecified atom stereocenters. The molecule has 4 atom stereocenters. The zero-order valence-corrected chi connectivity index (χ0v) is 11.8. The van der Waals surface area contributed by atoms with Crippen molar-refractivity contribution in [1.82, 2.24) is 0 Å². The molecule has 1 aromatic carbocycles. The minimum atomic E-state index is -0.451. The van der Waals surface area contributed by atoms with Crippen LogP contribution in [-0.4, -0.2) is 17.5 Å². The standard InChI is InChI=1S/C17H22O2/c1-11-4-7-16(12(2)8-11)14-5-6-15(10-18)17(9-14)13(3)19/h4-8,10,13-15,17,19H,9H2,1-3H3. The van der Waals surface area contributed by atoms with E-state index in [9.17, 15) is 9.90 Å². The minimum absolute atomic E-state index is 0.0215. The molecule has 0 heterocycles. The Hall–Kier alpha value is -1.41. The molecule has 1 aromatic rings. The summed E-state index contributed by atoms with van der Waals surface area (Å²) in [4.78, 5) is 11.1. The van der Waals surface area contributed by atoms with Crippen molar-refractivity contribution in [2.45, 2.75) is 39.2 Å². The predicted octanol–water partition coefficient (Wildman–Crippen LogP) is 3.16. The van der Waals surface area contributed by atoms with Crippen LogP contribution in [0.4, 0.5) is 0 Å². The van der Waals surface area contributed by atoms with Crippen molar-refractivity contribution in [2.75, 3.05) is 0 Å². The summed E-state index contributed by atoms with van der Waals surface area (Å²) in [6.45, 7) is 5.99. The first-order valence-electron chi connectivity index (χ1n) is 6.91. The van der Waals surface area contributed by atoms with Crippen molar-refractivity contribution in [3.8, 4) is 0 Å². The quantitative estimate of drug-likeness (QED) is 0.668. The first-order valence-corrected chi connectivity index (χ1v) is 6.91. The third-order valence-corrected chi connectivity index (χ3v) is 4.19. The van der Waals surface area contributed by atoms with E-state index in [-0.39, 0.29) is 11.8 Å². The second kappa shape index (κ2) is 5.70. The van der Waals surface area contributed by atoms with Crippen LogP contribution in [0.3, 0.4) is 0 Å². The maximum atomic E-state index is 11.1. The summed E-state index contributed by atoms with van der Waals surface area (Å²) in [5.74, 6) is 0.173. The van der Waals surface area contributed by atoms with Crippen molar-refractivity contribution >= 4 is 6.29 Å². The van der Waals surface area contributed by atoms with Gasteiger partial charge in [0.25, 0.3) is 0 Å². The van der Waals surface area contributed by atoms with Crippen LogP contribution < -0.4 is 0 Å². The Balaban J connectivity index is 2.29. The molecule has 0 aliphatic heterocycles. The van der Waals surface area contributed by atoms with Gasteiger partial charge >= 0.3 is 0 Å². The van der Waals surface area contributed by atoms with Gasteiger partial charge in [0, 0.05) is 11.8 Å². The van der Waals surface area contributed by atoms with Crippen LogP contribution in [0.5, 0.6) is 0 Å². The molecule has 2 heteroatoms. The number of aliphatic hydroxyl groups excluding tert-OH is 1. The molecule has 102 valence electrons. The van der Waals surface area contributed by atoms with Gasteiger partial charge in [0.2, 0.25) is 0 Å². The Kier molecular flexibility index (Phi) is 4.20. The Morgan fingerprint density at radius 3 is 2.63 bits per heavy atom. The number of hydrogen-bond acceptors (Lipinski definition) is 2. The summed E-state index contributed by atoms with van der Waals surface area (Å²) >= 11 is 0. The Morgan fingerprint density at radius 1 is 1.32 bits per heavy atom. The molecule has 0 bridgehead atoms. The van der Waals surface area contributed by atoms with E-state index < -0.39 is 6.10 Å². The van der Waals surface area contributed by atoms with Crippen LogP contribution in [0.15, 0.2) is 30.4 Å². The van der Waals surface area contributed by atoms with E-state index in [0.717, 1.165) is 12.7 Å². The van der Waals surface area contributed by atoms with E-state index in [1.807, 2.05) is 6.08 Å². The maximum Gasteiger partial charge on any atom is 0.127 e. The molecule has 0 saturated carbocycles. The van der Waals surface area contributed by atoms with Crippen molar-refractivity contribution in [3.05, 3.63) is 47.0 Å². The molecule has 19 heavy (non-hydrogen) atoms. The van der Waals surface area contributed by atoms with Crippen molar-refractivity contribution in [3.63, 3.8) is 0 Å². The van der Waals surface area contributed by atoms with Gasteiger partial charge in [-0.3, -0.25) is 0 Å². The Labute approximate surface area is 115 Å². The molecule has 0 aromatic heterocycles. The fourth-order valence-electron chi connectivity index (χ4n) is 3.07. The van der Waals surface area contributed by atoms with Crippen LogP contribution in [0.25, 0.3) is 0 Å². The van der Waals surface area contributed by atoms with Gasteiger partial charge in [-0.2, -0.15) is 0 Å². The number of rotatable bonds is 3. The number of carbonyl (C=O) groups excluding carboxylic acids is 1. The predicted molar refractivity (Wildman–Crippen MR) is 77.1 cm³/mol. The summed E-state index contributed by atoms with van der Waals surface area (Å²) in [7, 11) is 0. The molecule has 2 rings (SSSR count). The molecule has 0 spiro atoms. The minimum Gasteiger partial charge on any atom is -0.393 e. The third-order valence-electron chi connectivity index (χ3n) is 4.19. The molecule has 0 amide bonds. The van der Waals surface area contributed by atoms with Crippen LogP contribution in [0.1, 0.15) is 36.0 Å². The number of hydrogen-bond donors (Lipinski definition) is 1. The third kappa shape index (κ3) is 2.95. The summed E-state index contributed by atoms with van der Waals surface area (Å²) < 4.78 is 0. The molecule has 1 aliphatic rings. The van der Waals surface area contributed by atoms with Crippen molar-refractivity contribution < 1.29 is 9.90 Å². The summed E-state index contributed by atoms with van der Waals surface area (Å²) in [6, 6.07) is 6.48. The van der Waals surface area contributed by atoms with Crippen LogP contribution in [-0.2, 0) is 4.79 Å². The van der Waals surface area contributed by atoms with Crippen molar-refractivity contribution in [1.29, 1.82) is 0 Å². The Morgan fingerprint density at radius 2 is 2.05 bits per heavy atom. The molecule has 2 nitrogen and oxygen atoms in total. The highest BCUT2D eigenvalue weighted by Crippen LogP contribution is 2.37. The second-order valence-corrected chi connectivity index (χ2v) is 5.71. The normalized spacial score (nSPS) is 28.1. The van der Waals surface area contributed by atoms with Crippen LogP contribution in [0, 0.1) is 25.7 Å². The lowest BCUT2D eigenvalue weighted by molar-refractivity contribution is -0.112. The average Bonchev–Trinajstić information content (AvgIpc) is 2.38.